The topological polar surface area (TPSA) is 88.2 Å². The lowest BCUT2D eigenvalue weighted by Gasteiger charge is -2.00. The number of carboxylic acid groups (broad SMARTS) is 1. The lowest BCUT2D eigenvalue weighted by molar-refractivity contribution is 0.0690. The van der Waals surface area contributed by atoms with E-state index in [0.717, 1.165) is 5.56 Å². The zero-order valence-electron chi connectivity index (χ0n) is 10.4. The molecule has 2 rings (SSSR count). The van der Waals surface area contributed by atoms with E-state index in [1.165, 1.54) is 4.68 Å². The Hall–Kier alpha value is -2.18. The van der Waals surface area contributed by atoms with Gasteiger partial charge in [-0.15, -0.1) is 5.10 Å². The zero-order chi connectivity index (χ0) is 14.5. The van der Waals surface area contributed by atoms with Crippen molar-refractivity contribution in [3.05, 3.63) is 46.2 Å². The summed E-state index contributed by atoms with van der Waals surface area (Å²) in [5, 5.41) is 25.9. The smallest absolute Gasteiger partial charge is 0.358 e. The quantitative estimate of drug-likeness (QED) is 0.877. The summed E-state index contributed by atoms with van der Waals surface area (Å²) in [6.07, 6.45) is 3.33. The van der Waals surface area contributed by atoms with Crippen molar-refractivity contribution in [2.75, 3.05) is 6.61 Å². The monoisotopic (exact) mass is 293 g/mol. The highest BCUT2D eigenvalue weighted by Gasteiger charge is 2.16. The Labute approximate surface area is 119 Å². The van der Waals surface area contributed by atoms with Crippen molar-refractivity contribution < 1.29 is 15.0 Å². The molecular weight excluding hydrogens is 282 g/mol. The highest BCUT2D eigenvalue weighted by molar-refractivity contribution is 6.30. The minimum Gasteiger partial charge on any atom is -0.476 e. The first-order chi connectivity index (χ1) is 9.61. The summed E-state index contributed by atoms with van der Waals surface area (Å²) in [6.45, 7) is 0.0325. The van der Waals surface area contributed by atoms with Gasteiger partial charge in [-0.1, -0.05) is 35.0 Å². The van der Waals surface area contributed by atoms with Crippen molar-refractivity contribution in [2.24, 2.45) is 0 Å². The molecule has 0 fully saturated rings. The van der Waals surface area contributed by atoms with E-state index in [1.54, 1.807) is 36.4 Å². The van der Waals surface area contributed by atoms with E-state index in [-0.39, 0.29) is 18.8 Å². The number of carbonyl (C=O) groups is 1. The Balaban J connectivity index is 2.33. The molecule has 0 atom stereocenters. The number of halogens is 1. The van der Waals surface area contributed by atoms with Gasteiger partial charge >= 0.3 is 5.97 Å². The molecule has 0 aliphatic carbocycles. The van der Waals surface area contributed by atoms with Crippen molar-refractivity contribution >= 4 is 29.7 Å². The van der Waals surface area contributed by atoms with Gasteiger partial charge in [0.05, 0.1) is 18.8 Å². The largest absolute Gasteiger partial charge is 0.476 e. The number of hydrogen-bond acceptors (Lipinski definition) is 4. The Bertz CT molecular complexity index is 635. The second-order valence-corrected chi connectivity index (χ2v) is 4.40. The van der Waals surface area contributed by atoms with Crippen LogP contribution in [0.2, 0.25) is 5.02 Å². The maximum Gasteiger partial charge on any atom is 0.358 e. The summed E-state index contributed by atoms with van der Waals surface area (Å²) < 4.78 is 1.34. The predicted molar refractivity (Wildman–Crippen MR) is 74.4 cm³/mol. The molecule has 2 aromatic rings. The van der Waals surface area contributed by atoms with Crippen molar-refractivity contribution in [1.29, 1.82) is 0 Å². The Morgan fingerprint density at radius 2 is 2.00 bits per heavy atom. The van der Waals surface area contributed by atoms with Crippen molar-refractivity contribution in [2.45, 2.75) is 6.54 Å². The number of benzene rings is 1. The van der Waals surface area contributed by atoms with Gasteiger partial charge in [-0.05, 0) is 23.8 Å². The van der Waals surface area contributed by atoms with Crippen molar-refractivity contribution in [1.82, 2.24) is 15.0 Å². The number of aliphatic hydroxyl groups is 1. The lowest BCUT2D eigenvalue weighted by atomic mass is 10.2. The van der Waals surface area contributed by atoms with Crippen LogP contribution in [-0.2, 0) is 6.54 Å². The third-order valence-electron chi connectivity index (χ3n) is 2.59. The summed E-state index contributed by atoms with van der Waals surface area (Å²) in [7, 11) is 0. The summed E-state index contributed by atoms with van der Waals surface area (Å²) in [5.74, 6) is -1.16. The molecule has 0 aliphatic heterocycles. The molecule has 0 unspecified atom stereocenters. The van der Waals surface area contributed by atoms with Crippen LogP contribution in [0.25, 0.3) is 12.2 Å². The number of rotatable bonds is 5. The van der Waals surface area contributed by atoms with E-state index in [2.05, 4.69) is 10.3 Å². The zero-order valence-corrected chi connectivity index (χ0v) is 11.2. The molecule has 20 heavy (non-hydrogen) atoms. The fourth-order valence-corrected chi connectivity index (χ4v) is 1.77. The van der Waals surface area contributed by atoms with Gasteiger partial charge < -0.3 is 10.2 Å². The second-order valence-electron chi connectivity index (χ2n) is 3.96. The predicted octanol–water partition coefficient (Wildman–Crippen LogP) is 1.79. The first kappa shape index (κ1) is 14.2. The van der Waals surface area contributed by atoms with Crippen LogP contribution in [0.3, 0.4) is 0 Å². The fraction of sp³-hybridized carbons (Fsp3) is 0.154. The van der Waals surface area contributed by atoms with Crippen LogP contribution < -0.4 is 0 Å². The summed E-state index contributed by atoms with van der Waals surface area (Å²) in [6, 6.07) is 7.09. The molecule has 0 saturated carbocycles. The maximum absolute atomic E-state index is 11.1. The van der Waals surface area contributed by atoms with Crippen LogP contribution in [0.1, 0.15) is 21.7 Å². The Morgan fingerprint density at radius 1 is 1.30 bits per heavy atom. The summed E-state index contributed by atoms with van der Waals surface area (Å²) >= 11 is 5.79. The van der Waals surface area contributed by atoms with Crippen LogP contribution in [0, 0.1) is 0 Å². The molecule has 0 radical (unpaired) electrons. The normalized spacial score (nSPS) is 11.1. The van der Waals surface area contributed by atoms with E-state index in [1.807, 2.05) is 0 Å². The van der Waals surface area contributed by atoms with E-state index in [0.29, 0.717) is 10.7 Å². The highest BCUT2D eigenvalue weighted by atomic mass is 35.5. The first-order valence-corrected chi connectivity index (χ1v) is 6.21. The number of hydrogen-bond donors (Lipinski definition) is 2. The standard InChI is InChI=1S/C13H12ClN3O3/c14-10-4-1-9(2-5-10)3-6-11-12(13(19)20)15-16-17(11)7-8-18/h1-6,18H,7-8H2,(H,19,20)/b6-3+. The first-order valence-electron chi connectivity index (χ1n) is 5.83. The molecule has 0 spiro atoms. The Kier molecular flexibility index (Phi) is 4.49. The third kappa shape index (κ3) is 3.23. The average Bonchev–Trinajstić information content (AvgIpc) is 2.82. The summed E-state index contributed by atoms with van der Waals surface area (Å²) in [4.78, 5) is 11.1. The van der Waals surface area contributed by atoms with E-state index in [9.17, 15) is 4.79 Å². The molecule has 6 nitrogen and oxygen atoms in total. The number of aromatic nitrogens is 3. The lowest BCUT2D eigenvalue weighted by Crippen LogP contribution is -2.07. The van der Waals surface area contributed by atoms with Crippen LogP contribution in [-0.4, -0.2) is 37.8 Å². The van der Waals surface area contributed by atoms with Crippen LogP contribution in [0.15, 0.2) is 24.3 Å². The van der Waals surface area contributed by atoms with E-state index >= 15 is 0 Å². The molecular formula is C13H12ClN3O3. The van der Waals surface area contributed by atoms with Gasteiger partial charge in [-0.2, -0.15) is 0 Å². The van der Waals surface area contributed by atoms with Gasteiger partial charge in [-0.25, -0.2) is 9.48 Å². The second kappa shape index (κ2) is 6.31. The number of aliphatic hydroxyl groups excluding tert-OH is 1. The van der Waals surface area contributed by atoms with Crippen LogP contribution in [0.5, 0.6) is 0 Å². The number of aromatic carboxylic acids is 1. The van der Waals surface area contributed by atoms with Crippen molar-refractivity contribution in [3.63, 3.8) is 0 Å². The van der Waals surface area contributed by atoms with Gasteiger partial charge in [0, 0.05) is 5.02 Å². The number of carboxylic acids is 1. The van der Waals surface area contributed by atoms with Gasteiger partial charge in [-0.3, -0.25) is 0 Å². The maximum atomic E-state index is 11.1. The average molecular weight is 294 g/mol. The fourth-order valence-electron chi connectivity index (χ4n) is 1.65. The molecule has 7 heteroatoms. The molecule has 0 aliphatic rings. The molecule has 0 amide bonds. The third-order valence-corrected chi connectivity index (χ3v) is 2.84. The minimum atomic E-state index is -1.16. The van der Waals surface area contributed by atoms with Crippen molar-refractivity contribution in [3.8, 4) is 0 Å². The minimum absolute atomic E-state index is 0.149. The van der Waals surface area contributed by atoms with E-state index in [4.69, 9.17) is 21.8 Å². The van der Waals surface area contributed by atoms with Crippen LogP contribution in [0.4, 0.5) is 0 Å². The van der Waals surface area contributed by atoms with Crippen LogP contribution >= 0.6 is 11.6 Å². The molecule has 104 valence electrons. The molecule has 1 heterocycles. The SMILES string of the molecule is O=C(O)c1nnn(CCO)c1/C=C/c1ccc(Cl)cc1. The number of nitrogens with zero attached hydrogens (tertiary/aromatic N) is 3. The molecule has 0 bridgehead atoms. The molecule has 1 aromatic carbocycles. The molecule has 0 saturated heterocycles. The summed E-state index contributed by atoms with van der Waals surface area (Å²) in [5.41, 5.74) is 1.05. The molecule has 2 N–H and O–H groups in total. The Morgan fingerprint density at radius 3 is 2.60 bits per heavy atom. The van der Waals surface area contributed by atoms with Gasteiger partial charge in [0.15, 0.2) is 5.69 Å². The van der Waals surface area contributed by atoms with E-state index < -0.39 is 5.97 Å². The van der Waals surface area contributed by atoms with Gasteiger partial charge in [0.2, 0.25) is 0 Å². The van der Waals surface area contributed by atoms with Gasteiger partial charge in [0.1, 0.15) is 0 Å². The molecule has 1 aromatic heterocycles. The highest BCUT2D eigenvalue weighted by Crippen LogP contribution is 2.14. The van der Waals surface area contributed by atoms with Gasteiger partial charge in [0.25, 0.3) is 0 Å².